The molecule has 2 aliphatic rings. The van der Waals surface area contributed by atoms with Crippen LogP contribution in [0.15, 0.2) is 72.4 Å². The lowest BCUT2D eigenvalue weighted by atomic mass is 10.0. The number of anilines is 3. The summed E-state index contributed by atoms with van der Waals surface area (Å²) in [4.78, 5) is 101. The number of pyridine rings is 1. The van der Waals surface area contributed by atoms with Crippen LogP contribution >= 0.6 is 11.3 Å². The maximum Gasteiger partial charge on any atom is 0.264 e. The highest BCUT2D eigenvalue weighted by atomic mass is 32.2. The lowest BCUT2D eigenvalue weighted by Crippen LogP contribution is -2.54. The van der Waals surface area contributed by atoms with Crippen LogP contribution in [0.3, 0.4) is 0 Å². The molecule has 0 aliphatic carbocycles. The molecule has 2 aromatic carbocycles. The first-order valence-electron chi connectivity index (χ1n) is 21.1. The molecule has 1 fully saturated rings. The van der Waals surface area contributed by atoms with Gasteiger partial charge in [0.05, 0.1) is 41.7 Å². The largest absolute Gasteiger partial charge is 0.384 e. The number of thiazole rings is 1. The highest BCUT2D eigenvalue weighted by molar-refractivity contribution is 7.89. The van der Waals surface area contributed by atoms with Crippen LogP contribution in [-0.4, -0.2) is 114 Å². The van der Waals surface area contributed by atoms with E-state index in [9.17, 15) is 42.0 Å². The molecule has 1 unspecified atom stereocenters. The number of imide groups is 2. The average molecular weight is 937 g/mol. The second kappa shape index (κ2) is 19.9. The van der Waals surface area contributed by atoms with Gasteiger partial charge in [-0.15, -0.1) is 11.3 Å². The van der Waals surface area contributed by atoms with E-state index in [0.717, 1.165) is 44.7 Å². The number of unbranched alkanes of at least 4 members (excludes halogenated alkanes) is 2. The molecule has 21 heteroatoms. The number of aromatic nitrogens is 3. The molecule has 5 N–H and O–H groups in total. The summed E-state index contributed by atoms with van der Waals surface area (Å²) in [6, 6.07) is 15.3. The van der Waals surface area contributed by atoms with Crippen LogP contribution < -0.4 is 31.5 Å². The molecular formula is C45H48N10O9S2. The summed E-state index contributed by atoms with van der Waals surface area (Å²) in [6.07, 6.45) is 6.31. The van der Waals surface area contributed by atoms with Crippen molar-refractivity contribution in [1.82, 2.24) is 34.8 Å². The number of nitrogens with one attached hydrogen (secondary N) is 5. The Morgan fingerprint density at radius 1 is 0.909 bits per heavy atom. The molecule has 2 aliphatic heterocycles. The fraction of sp³-hybridized carbons (Fsp3) is 0.311. The van der Waals surface area contributed by atoms with Crippen molar-refractivity contribution < 1.29 is 42.0 Å². The monoisotopic (exact) mass is 936 g/mol. The van der Waals surface area contributed by atoms with Crippen molar-refractivity contribution in [1.29, 1.82) is 0 Å². The van der Waals surface area contributed by atoms with Crippen molar-refractivity contribution in [3.8, 4) is 22.4 Å². The van der Waals surface area contributed by atoms with E-state index in [-0.39, 0.29) is 48.5 Å². The van der Waals surface area contributed by atoms with Gasteiger partial charge in [-0.2, -0.15) is 0 Å². The van der Waals surface area contributed by atoms with Gasteiger partial charge in [-0.25, -0.2) is 22.4 Å². The zero-order valence-electron chi connectivity index (χ0n) is 36.6. The maximum atomic E-state index is 13.3. The van der Waals surface area contributed by atoms with Crippen LogP contribution in [-0.2, 0) is 29.2 Å². The highest BCUT2D eigenvalue weighted by Crippen LogP contribution is 2.33. The Kier molecular flexibility index (Phi) is 14.1. The minimum absolute atomic E-state index is 0.0463. The number of nitrogens with zero attached hydrogens (tertiary/aromatic N) is 5. The van der Waals surface area contributed by atoms with Crippen molar-refractivity contribution in [3.63, 3.8) is 0 Å². The number of amides is 7. The molecule has 66 heavy (non-hydrogen) atoms. The third kappa shape index (κ3) is 10.5. The maximum absolute atomic E-state index is 13.3. The average Bonchev–Trinajstić information content (AvgIpc) is 3.96. The third-order valence-electron chi connectivity index (χ3n) is 11.3. The standard InChI is InChI=1S/C45H48N10O9S2/c1-26-27(2)54(66(4,63)64)23-32(26)41(59)49-22-38(57)52-45-50-34(25-65-45)30-11-8-10-28(20-30)29-16-19-47-36(21-29)53(3)24-39(58)48-18-7-5-6-17-46-33-13-9-12-31-40(33)44(62)55(43(31)61)35-14-15-37(56)51-42(35)60/h8-13,16,19-21,23,25,35,46H,5-7,14-15,17-18,22,24H2,1-4H3,(H,48,58)(H,49,59)(H,50,52,57)(H,51,56,60). The molecule has 7 amide bonds. The molecule has 1 atom stereocenters. The molecule has 0 spiro atoms. The first kappa shape index (κ1) is 46.7. The van der Waals surface area contributed by atoms with E-state index in [1.165, 1.54) is 17.5 Å². The molecule has 3 aromatic heterocycles. The van der Waals surface area contributed by atoms with Crippen molar-refractivity contribution in [2.45, 2.75) is 52.0 Å². The van der Waals surface area contributed by atoms with E-state index in [1.807, 2.05) is 36.4 Å². The Bertz CT molecular complexity index is 2870. The minimum Gasteiger partial charge on any atom is -0.384 e. The van der Waals surface area contributed by atoms with Crippen molar-refractivity contribution >= 4 is 79.3 Å². The SMILES string of the molecule is Cc1c(C(=O)NCC(=O)Nc2nc(-c3cccc(-c4ccnc(N(C)CC(=O)NCCCCCNc5cccc6c5C(=O)N(C5CCC(=O)NC5=O)C6=O)c4)c3)cs2)cn(S(C)(=O)=O)c1C. The van der Waals surface area contributed by atoms with Crippen LogP contribution in [0.4, 0.5) is 16.6 Å². The van der Waals surface area contributed by atoms with Gasteiger partial charge >= 0.3 is 0 Å². The Morgan fingerprint density at radius 2 is 1.65 bits per heavy atom. The van der Waals surface area contributed by atoms with E-state index >= 15 is 0 Å². The molecule has 0 radical (unpaired) electrons. The molecular weight excluding hydrogens is 889 g/mol. The van der Waals surface area contributed by atoms with E-state index in [2.05, 4.69) is 36.6 Å². The summed E-state index contributed by atoms with van der Waals surface area (Å²) in [7, 11) is -1.81. The second-order valence-corrected chi connectivity index (χ2v) is 18.7. The zero-order chi connectivity index (χ0) is 47.3. The summed E-state index contributed by atoms with van der Waals surface area (Å²) in [5.74, 6) is -2.87. The molecule has 0 bridgehead atoms. The summed E-state index contributed by atoms with van der Waals surface area (Å²) >= 11 is 1.22. The smallest absolute Gasteiger partial charge is 0.264 e. The van der Waals surface area contributed by atoms with Gasteiger partial charge in [0.25, 0.3) is 17.7 Å². The van der Waals surface area contributed by atoms with Crippen LogP contribution in [0, 0.1) is 13.8 Å². The molecule has 7 rings (SSSR count). The Labute approximate surface area is 384 Å². The summed E-state index contributed by atoms with van der Waals surface area (Å²) in [5, 5.41) is 15.8. The lowest BCUT2D eigenvalue weighted by molar-refractivity contribution is -0.136. The van der Waals surface area contributed by atoms with E-state index in [1.54, 1.807) is 55.6 Å². The van der Waals surface area contributed by atoms with Gasteiger partial charge in [0, 0.05) is 61.3 Å². The number of fused-ring (bicyclic) bond motifs is 1. The topological polar surface area (TPSA) is 251 Å². The third-order valence-corrected chi connectivity index (χ3v) is 13.1. The number of piperidine rings is 1. The van der Waals surface area contributed by atoms with Gasteiger partial charge in [-0.1, -0.05) is 24.3 Å². The molecule has 19 nitrogen and oxygen atoms in total. The number of likely N-dealkylation sites (N-methyl/N-ethyl adjacent to an activating group) is 1. The highest BCUT2D eigenvalue weighted by Gasteiger charge is 2.45. The van der Waals surface area contributed by atoms with E-state index in [0.29, 0.717) is 53.1 Å². The number of hydrogen-bond acceptors (Lipinski definition) is 14. The van der Waals surface area contributed by atoms with Crippen molar-refractivity contribution in [3.05, 3.63) is 100 Å². The quantitative estimate of drug-likeness (QED) is 0.0622. The summed E-state index contributed by atoms with van der Waals surface area (Å²) in [6.45, 7) is 3.94. The summed E-state index contributed by atoms with van der Waals surface area (Å²) < 4.78 is 25.1. The molecule has 1 saturated heterocycles. The molecule has 5 aromatic rings. The van der Waals surface area contributed by atoms with Gasteiger partial charge in [0.15, 0.2) is 5.13 Å². The zero-order valence-corrected chi connectivity index (χ0v) is 38.2. The van der Waals surface area contributed by atoms with Gasteiger partial charge in [-0.3, -0.25) is 43.8 Å². The lowest BCUT2D eigenvalue weighted by Gasteiger charge is -2.27. The van der Waals surface area contributed by atoms with Crippen LogP contribution in [0.25, 0.3) is 22.4 Å². The Morgan fingerprint density at radius 3 is 2.41 bits per heavy atom. The van der Waals surface area contributed by atoms with Gasteiger partial charge in [-0.05, 0) is 86.6 Å². The molecule has 0 saturated carbocycles. The molecule has 344 valence electrons. The molecule has 5 heterocycles. The number of hydrogen-bond donors (Lipinski definition) is 5. The number of carbonyl (C=O) groups excluding carboxylic acids is 7. The fourth-order valence-electron chi connectivity index (χ4n) is 7.68. The number of carbonyl (C=O) groups is 7. The Hall–Kier alpha value is -7.26. The van der Waals surface area contributed by atoms with Gasteiger partial charge in [0.1, 0.15) is 11.9 Å². The first-order chi connectivity index (χ1) is 31.5. The van der Waals surface area contributed by atoms with Crippen LogP contribution in [0.2, 0.25) is 0 Å². The predicted molar refractivity (Wildman–Crippen MR) is 248 cm³/mol. The van der Waals surface area contributed by atoms with E-state index in [4.69, 9.17) is 0 Å². The predicted octanol–water partition coefficient (Wildman–Crippen LogP) is 3.70. The first-order valence-corrected chi connectivity index (χ1v) is 23.8. The van der Waals surface area contributed by atoms with E-state index < -0.39 is 51.5 Å². The van der Waals surface area contributed by atoms with Crippen LogP contribution in [0.1, 0.15) is 74.4 Å². The van der Waals surface area contributed by atoms with Crippen molar-refractivity contribution in [2.24, 2.45) is 0 Å². The number of rotatable bonds is 18. The fourth-order valence-corrected chi connectivity index (χ4v) is 9.35. The van der Waals surface area contributed by atoms with Gasteiger partial charge < -0.3 is 26.2 Å². The summed E-state index contributed by atoms with van der Waals surface area (Å²) in [5.41, 5.74) is 5.16. The normalized spacial score (nSPS) is 14.7. The number of benzene rings is 2. The Balaban J connectivity index is 0.841. The second-order valence-electron chi connectivity index (χ2n) is 15.9. The van der Waals surface area contributed by atoms with Crippen LogP contribution in [0.5, 0.6) is 0 Å². The van der Waals surface area contributed by atoms with Gasteiger partial charge in [0.2, 0.25) is 33.7 Å². The minimum atomic E-state index is -3.60. The van der Waals surface area contributed by atoms with Crippen molar-refractivity contribution in [2.75, 3.05) is 55.0 Å².